The van der Waals surface area contributed by atoms with E-state index < -0.39 is 7.60 Å². The Morgan fingerprint density at radius 2 is 1.57 bits per heavy atom. The first kappa shape index (κ1) is 16.0. The van der Waals surface area contributed by atoms with Crippen molar-refractivity contribution in [1.29, 1.82) is 0 Å². The Hall–Kier alpha value is -1.41. The van der Waals surface area contributed by atoms with Crippen molar-refractivity contribution in [2.45, 2.75) is 34.1 Å². The normalized spacial score (nSPS) is 11.7. The fourth-order valence-corrected chi connectivity index (χ4v) is 3.81. The van der Waals surface area contributed by atoms with Crippen LogP contribution in [0.15, 0.2) is 30.3 Å². The van der Waals surface area contributed by atoms with Gasteiger partial charge in [0.2, 0.25) is 0 Å². The molecule has 4 heteroatoms. The van der Waals surface area contributed by atoms with Crippen molar-refractivity contribution < 1.29 is 14.4 Å². The van der Waals surface area contributed by atoms with Gasteiger partial charge in [0.25, 0.3) is 0 Å². The van der Waals surface area contributed by atoms with E-state index in [1.165, 1.54) is 6.07 Å². The zero-order valence-corrected chi connectivity index (χ0v) is 13.7. The highest BCUT2D eigenvalue weighted by Gasteiger charge is 2.25. The van der Waals surface area contributed by atoms with Crippen molar-refractivity contribution in [3.8, 4) is 11.1 Å². The molecule has 0 saturated heterocycles. The molecule has 0 unspecified atom stereocenters. The summed E-state index contributed by atoms with van der Waals surface area (Å²) in [5.74, 6) is 0. The van der Waals surface area contributed by atoms with Crippen molar-refractivity contribution in [3.05, 3.63) is 52.6 Å². The topological polar surface area (TPSA) is 57.5 Å². The molecule has 0 radical (unpaired) electrons. The Bertz CT molecular complexity index is 706. The maximum atomic E-state index is 11.9. The summed E-state index contributed by atoms with van der Waals surface area (Å²) in [6, 6.07) is 9.30. The quantitative estimate of drug-likeness (QED) is 0.851. The Labute approximate surface area is 125 Å². The average Bonchev–Trinajstić information content (AvgIpc) is 2.36. The molecule has 2 aromatic carbocycles. The van der Waals surface area contributed by atoms with E-state index in [9.17, 15) is 14.4 Å². The Kier molecular flexibility index (Phi) is 4.38. The first-order valence-electron chi connectivity index (χ1n) is 7.02. The van der Waals surface area contributed by atoms with Crippen molar-refractivity contribution in [1.82, 2.24) is 0 Å². The lowest BCUT2D eigenvalue weighted by molar-refractivity contribution is 0.387. The third-order valence-corrected chi connectivity index (χ3v) is 4.75. The van der Waals surface area contributed by atoms with E-state index >= 15 is 0 Å². The maximum Gasteiger partial charge on any atom is 0.356 e. The van der Waals surface area contributed by atoms with E-state index in [0.717, 1.165) is 34.2 Å². The van der Waals surface area contributed by atoms with E-state index in [-0.39, 0.29) is 5.30 Å². The number of rotatable bonds is 3. The van der Waals surface area contributed by atoms with Crippen LogP contribution in [0.5, 0.6) is 0 Å². The van der Waals surface area contributed by atoms with E-state index in [1.807, 2.05) is 33.8 Å². The van der Waals surface area contributed by atoms with E-state index in [0.29, 0.717) is 5.56 Å². The van der Waals surface area contributed by atoms with Crippen molar-refractivity contribution >= 4 is 12.9 Å². The maximum absolute atomic E-state index is 11.9. The lowest BCUT2D eigenvalue weighted by Gasteiger charge is -2.19. The van der Waals surface area contributed by atoms with Crippen LogP contribution in [0, 0.1) is 20.8 Å². The van der Waals surface area contributed by atoms with Gasteiger partial charge < -0.3 is 9.79 Å². The number of hydrogen-bond acceptors (Lipinski definition) is 1. The van der Waals surface area contributed by atoms with Gasteiger partial charge >= 0.3 is 7.60 Å². The van der Waals surface area contributed by atoms with Crippen LogP contribution >= 0.6 is 7.60 Å². The van der Waals surface area contributed by atoms with Crippen LogP contribution in [0.4, 0.5) is 0 Å². The first-order valence-corrected chi connectivity index (χ1v) is 8.63. The lowest BCUT2D eigenvalue weighted by atomic mass is 9.90. The van der Waals surface area contributed by atoms with Crippen LogP contribution in [0.2, 0.25) is 0 Å². The molecule has 0 saturated carbocycles. The number of benzene rings is 2. The van der Waals surface area contributed by atoms with E-state index in [1.54, 1.807) is 6.07 Å². The molecule has 0 aliphatic carbocycles. The third kappa shape index (κ3) is 3.11. The minimum atomic E-state index is -4.31. The molecule has 0 bridgehead atoms. The fourth-order valence-electron chi connectivity index (χ4n) is 2.99. The minimum Gasteiger partial charge on any atom is -0.321 e. The van der Waals surface area contributed by atoms with Crippen LogP contribution in [-0.4, -0.2) is 9.79 Å². The lowest BCUT2D eigenvalue weighted by Crippen LogP contribution is -2.12. The van der Waals surface area contributed by atoms with Gasteiger partial charge in [0, 0.05) is 5.56 Å². The molecule has 2 N–H and O–H groups in total. The second-order valence-electron chi connectivity index (χ2n) is 5.48. The molecule has 0 amide bonds. The highest BCUT2D eigenvalue weighted by atomic mass is 31.2. The molecular weight excluding hydrogens is 283 g/mol. The molecule has 0 aromatic heterocycles. The third-order valence-electron chi connectivity index (χ3n) is 3.75. The summed E-state index contributed by atoms with van der Waals surface area (Å²) < 4.78 is 11.9. The SMILES string of the molecule is CCc1cccc(P(=O)(O)O)c1-c1c(C)cc(C)cc1C. The van der Waals surface area contributed by atoms with Crippen LogP contribution in [0.1, 0.15) is 29.2 Å². The van der Waals surface area contributed by atoms with Gasteiger partial charge in [-0.25, -0.2) is 0 Å². The van der Waals surface area contributed by atoms with Gasteiger partial charge in [0.1, 0.15) is 0 Å². The van der Waals surface area contributed by atoms with Gasteiger partial charge in [0.05, 0.1) is 5.30 Å². The Morgan fingerprint density at radius 1 is 1.00 bits per heavy atom. The van der Waals surface area contributed by atoms with Crippen LogP contribution in [-0.2, 0) is 11.0 Å². The second-order valence-corrected chi connectivity index (χ2v) is 7.05. The van der Waals surface area contributed by atoms with Gasteiger partial charge in [-0.05, 0) is 55.5 Å². The van der Waals surface area contributed by atoms with Crippen LogP contribution < -0.4 is 5.30 Å². The van der Waals surface area contributed by atoms with Gasteiger partial charge in [0.15, 0.2) is 0 Å². The molecule has 21 heavy (non-hydrogen) atoms. The summed E-state index contributed by atoms with van der Waals surface area (Å²) in [5.41, 5.74) is 5.84. The van der Waals surface area contributed by atoms with Crippen LogP contribution in [0.3, 0.4) is 0 Å². The van der Waals surface area contributed by atoms with Gasteiger partial charge in [-0.15, -0.1) is 0 Å². The molecule has 0 spiro atoms. The highest BCUT2D eigenvalue weighted by molar-refractivity contribution is 7.60. The van der Waals surface area contributed by atoms with Crippen molar-refractivity contribution in [2.24, 2.45) is 0 Å². The summed E-state index contributed by atoms with van der Waals surface area (Å²) in [5, 5.41) is 0.122. The van der Waals surface area contributed by atoms with Gasteiger partial charge in [-0.3, -0.25) is 4.57 Å². The predicted octanol–water partition coefficient (Wildman–Crippen LogP) is 3.64. The second kappa shape index (κ2) is 5.76. The Balaban J connectivity index is 2.89. The molecule has 112 valence electrons. The van der Waals surface area contributed by atoms with Gasteiger partial charge in [-0.1, -0.05) is 36.8 Å². The monoisotopic (exact) mass is 304 g/mol. The highest BCUT2D eigenvalue weighted by Crippen LogP contribution is 2.41. The number of hydrogen-bond donors (Lipinski definition) is 2. The molecule has 3 nitrogen and oxygen atoms in total. The molecule has 0 aliphatic rings. The summed E-state index contributed by atoms with van der Waals surface area (Å²) in [4.78, 5) is 19.4. The minimum absolute atomic E-state index is 0.122. The summed E-state index contributed by atoms with van der Waals surface area (Å²) in [6.45, 7) is 8.01. The van der Waals surface area contributed by atoms with E-state index in [4.69, 9.17) is 0 Å². The zero-order chi connectivity index (χ0) is 15.8. The fraction of sp³-hybridized carbons (Fsp3) is 0.294. The molecule has 0 aliphatic heterocycles. The first-order chi connectivity index (χ1) is 9.75. The molecule has 0 fully saturated rings. The molecule has 2 rings (SSSR count). The zero-order valence-electron chi connectivity index (χ0n) is 12.8. The average molecular weight is 304 g/mol. The summed E-state index contributed by atoms with van der Waals surface area (Å²) in [6.07, 6.45) is 0.732. The molecular formula is C17H21O3P. The largest absolute Gasteiger partial charge is 0.356 e. The molecule has 0 atom stereocenters. The smallest absolute Gasteiger partial charge is 0.321 e. The predicted molar refractivity (Wildman–Crippen MR) is 87.1 cm³/mol. The Morgan fingerprint density at radius 3 is 2.05 bits per heavy atom. The van der Waals surface area contributed by atoms with Gasteiger partial charge in [-0.2, -0.15) is 0 Å². The van der Waals surface area contributed by atoms with Crippen molar-refractivity contribution in [3.63, 3.8) is 0 Å². The van der Waals surface area contributed by atoms with Crippen LogP contribution in [0.25, 0.3) is 11.1 Å². The number of aryl methyl sites for hydroxylation is 4. The standard InChI is InChI=1S/C17H21O3P/c1-5-14-7-6-8-15(21(18,19)20)17(14)16-12(3)9-11(2)10-13(16)4/h6-10H,5H2,1-4H3,(H2,18,19,20). The van der Waals surface area contributed by atoms with Crippen molar-refractivity contribution in [2.75, 3.05) is 0 Å². The molecule has 0 heterocycles. The van der Waals surface area contributed by atoms with E-state index in [2.05, 4.69) is 12.1 Å². The summed E-state index contributed by atoms with van der Waals surface area (Å²) >= 11 is 0. The molecule has 2 aromatic rings. The summed E-state index contributed by atoms with van der Waals surface area (Å²) in [7, 11) is -4.31.